The maximum atomic E-state index is 12.9. The predicted molar refractivity (Wildman–Crippen MR) is 121 cm³/mol. The monoisotopic (exact) mass is 434 g/mol. The van der Waals surface area contributed by atoms with Gasteiger partial charge >= 0.3 is 0 Å². The van der Waals surface area contributed by atoms with Gasteiger partial charge in [-0.05, 0) is 85.5 Å². The maximum absolute atomic E-state index is 12.9. The second kappa shape index (κ2) is 8.23. The number of carbonyl (C=O) groups excluding carboxylic acids is 2. The van der Waals surface area contributed by atoms with Crippen LogP contribution in [0.5, 0.6) is 5.75 Å². The Morgan fingerprint density at radius 3 is 2.22 bits per heavy atom. The van der Waals surface area contributed by atoms with E-state index in [0.29, 0.717) is 11.0 Å². The molecule has 2 aromatic rings. The van der Waals surface area contributed by atoms with Gasteiger partial charge in [-0.15, -0.1) is 0 Å². The van der Waals surface area contributed by atoms with Crippen molar-refractivity contribution >= 4 is 11.8 Å². The number of pyridine rings is 1. The van der Waals surface area contributed by atoms with Crippen LogP contribution in [0, 0.1) is 23.2 Å². The number of aromatic nitrogens is 1. The number of carbonyl (C=O) groups is 2. The van der Waals surface area contributed by atoms with Crippen molar-refractivity contribution in [2.24, 2.45) is 28.9 Å². The highest BCUT2D eigenvalue weighted by Gasteiger charge is 2.50. The van der Waals surface area contributed by atoms with Gasteiger partial charge in [0, 0.05) is 12.1 Å². The second-order valence-electron chi connectivity index (χ2n) is 10.3. The lowest BCUT2D eigenvalue weighted by Gasteiger charge is -2.56. The minimum Gasteiger partial charge on any atom is -0.497 e. The molecule has 0 unspecified atom stereocenters. The topological polar surface area (TPSA) is 85.3 Å². The van der Waals surface area contributed by atoms with Crippen LogP contribution in [0.4, 0.5) is 0 Å². The van der Waals surface area contributed by atoms with Gasteiger partial charge in [-0.2, -0.15) is 4.57 Å². The molecule has 4 aliphatic carbocycles. The molecule has 3 N–H and O–H groups in total. The molecular formula is C26H32N3O3+. The van der Waals surface area contributed by atoms with Crippen LogP contribution < -0.4 is 20.4 Å². The summed E-state index contributed by atoms with van der Waals surface area (Å²) in [7, 11) is 1.62. The Morgan fingerprint density at radius 2 is 1.66 bits per heavy atom. The van der Waals surface area contributed by atoms with E-state index in [2.05, 4.69) is 5.32 Å². The highest BCUT2D eigenvalue weighted by Crippen LogP contribution is 2.59. The number of hydrogen-bond acceptors (Lipinski definition) is 3. The predicted octanol–water partition coefficient (Wildman–Crippen LogP) is 3.08. The normalized spacial score (nSPS) is 27.8. The van der Waals surface area contributed by atoms with Crippen molar-refractivity contribution in [3.8, 4) is 16.9 Å². The molecule has 0 spiro atoms. The van der Waals surface area contributed by atoms with Crippen LogP contribution in [0.25, 0.3) is 11.1 Å². The van der Waals surface area contributed by atoms with E-state index in [9.17, 15) is 9.59 Å². The average molecular weight is 435 g/mol. The van der Waals surface area contributed by atoms with Gasteiger partial charge in [-0.25, -0.2) is 0 Å². The van der Waals surface area contributed by atoms with Gasteiger partial charge < -0.3 is 15.8 Å². The summed E-state index contributed by atoms with van der Waals surface area (Å²) in [5.74, 6) is 2.83. The SMILES string of the molecule is COc1ccc(-c2cc(C(N)=O)c[n+](CC(=O)NCC34CC5CC(CC(C5)C3)C4)c2)cc1. The Kier molecular flexibility index (Phi) is 5.39. The van der Waals surface area contributed by atoms with Gasteiger partial charge in [0.2, 0.25) is 6.54 Å². The first-order valence-electron chi connectivity index (χ1n) is 11.7. The van der Waals surface area contributed by atoms with Crippen LogP contribution in [0.3, 0.4) is 0 Å². The molecule has 4 bridgehead atoms. The van der Waals surface area contributed by atoms with Gasteiger partial charge in [-0.3, -0.25) is 9.59 Å². The zero-order valence-corrected chi connectivity index (χ0v) is 18.7. The van der Waals surface area contributed by atoms with Crippen LogP contribution in [0.15, 0.2) is 42.7 Å². The molecule has 1 aromatic carbocycles. The number of methoxy groups -OCH3 is 1. The van der Waals surface area contributed by atoms with Gasteiger partial charge in [0.1, 0.15) is 11.3 Å². The smallest absolute Gasteiger partial charge is 0.286 e. The first-order chi connectivity index (χ1) is 15.4. The Balaban J connectivity index is 1.29. The number of nitrogens with two attached hydrogens (primary N) is 1. The standard InChI is InChI=1S/C26H31N3O3/c1-32-23-4-2-20(3-5-23)21-9-22(25(27)31)14-29(13-21)15-24(30)28-16-26-10-17-6-18(11-26)8-19(7-17)12-26/h2-5,9,13-14,17-19H,6-8,10-12,15-16H2,1H3,(H2-,27,28,30,31)/p+1. The number of nitrogens with one attached hydrogen (secondary N) is 1. The highest BCUT2D eigenvalue weighted by molar-refractivity contribution is 5.93. The van der Waals surface area contributed by atoms with E-state index in [-0.39, 0.29) is 12.5 Å². The molecule has 2 amide bonds. The van der Waals surface area contributed by atoms with Crippen LogP contribution >= 0.6 is 0 Å². The van der Waals surface area contributed by atoms with E-state index in [0.717, 1.165) is 41.2 Å². The van der Waals surface area contributed by atoms with Crippen LogP contribution in [0.1, 0.15) is 48.9 Å². The molecule has 32 heavy (non-hydrogen) atoms. The summed E-state index contributed by atoms with van der Waals surface area (Å²) in [6.45, 7) is 0.938. The number of nitrogens with zero attached hydrogens (tertiary/aromatic N) is 1. The van der Waals surface area contributed by atoms with Crippen LogP contribution in [0.2, 0.25) is 0 Å². The molecule has 6 heteroatoms. The van der Waals surface area contributed by atoms with Crippen molar-refractivity contribution in [3.05, 3.63) is 48.3 Å². The molecule has 0 radical (unpaired) electrons. The summed E-state index contributed by atoms with van der Waals surface area (Å²) in [6, 6.07) is 9.35. The zero-order chi connectivity index (χ0) is 22.3. The van der Waals surface area contributed by atoms with E-state index >= 15 is 0 Å². The molecule has 0 saturated heterocycles. The summed E-state index contributed by atoms with van der Waals surface area (Å²) >= 11 is 0. The molecule has 168 valence electrons. The lowest BCUT2D eigenvalue weighted by atomic mass is 9.49. The quantitative estimate of drug-likeness (QED) is 0.657. The van der Waals surface area contributed by atoms with E-state index in [1.807, 2.05) is 30.5 Å². The first-order valence-corrected chi connectivity index (χ1v) is 11.7. The number of amides is 2. The van der Waals surface area contributed by atoms with Crippen LogP contribution in [-0.4, -0.2) is 25.5 Å². The number of rotatable bonds is 7. The lowest BCUT2D eigenvalue weighted by molar-refractivity contribution is -0.684. The largest absolute Gasteiger partial charge is 0.497 e. The van der Waals surface area contributed by atoms with Crippen molar-refractivity contribution in [3.63, 3.8) is 0 Å². The molecule has 4 fully saturated rings. The van der Waals surface area contributed by atoms with Crippen molar-refractivity contribution in [1.82, 2.24) is 5.32 Å². The molecule has 6 nitrogen and oxygen atoms in total. The Bertz CT molecular complexity index is 996. The molecule has 0 atom stereocenters. The Labute approximate surface area is 189 Å². The average Bonchev–Trinajstić information content (AvgIpc) is 2.77. The molecule has 1 heterocycles. The molecule has 4 saturated carbocycles. The summed E-state index contributed by atoms with van der Waals surface area (Å²) in [5.41, 5.74) is 8.01. The number of primary amides is 1. The summed E-state index contributed by atoms with van der Waals surface area (Å²) in [5, 5.41) is 3.22. The van der Waals surface area contributed by atoms with Crippen molar-refractivity contribution in [1.29, 1.82) is 0 Å². The summed E-state index contributed by atoms with van der Waals surface area (Å²) in [6.07, 6.45) is 11.5. The van der Waals surface area contributed by atoms with Crippen LogP contribution in [-0.2, 0) is 11.3 Å². The van der Waals surface area contributed by atoms with E-state index in [1.165, 1.54) is 38.5 Å². The molecule has 0 aliphatic heterocycles. The molecule has 1 aromatic heterocycles. The van der Waals surface area contributed by atoms with E-state index in [1.54, 1.807) is 23.9 Å². The number of benzene rings is 1. The zero-order valence-electron chi connectivity index (χ0n) is 18.7. The third kappa shape index (κ3) is 4.23. The fourth-order valence-corrected chi connectivity index (χ4v) is 6.82. The van der Waals surface area contributed by atoms with Gasteiger partial charge in [0.15, 0.2) is 12.4 Å². The van der Waals surface area contributed by atoms with Crippen molar-refractivity contribution in [2.45, 2.75) is 45.1 Å². The lowest BCUT2D eigenvalue weighted by Crippen LogP contribution is -2.52. The van der Waals surface area contributed by atoms with Crippen molar-refractivity contribution in [2.75, 3.05) is 13.7 Å². The molecule has 6 rings (SSSR count). The highest BCUT2D eigenvalue weighted by atomic mass is 16.5. The van der Waals surface area contributed by atoms with Gasteiger partial charge in [-0.1, -0.05) is 12.1 Å². The minimum absolute atomic E-state index is 0.0203. The Morgan fingerprint density at radius 1 is 1.03 bits per heavy atom. The van der Waals surface area contributed by atoms with E-state index < -0.39 is 5.91 Å². The van der Waals surface area contributed by atoms with Gasteiger partial charge in [0.05, 0.1) is 7.11 Å². The summed E-state index contributed by atoms with van der Waals surface area (Å²) < 4.78 is 6.98. The van der Waals surface area contributed by atoms with Crippen molar-refractivity contribution < 1.29 is 18.9 Å². The first kappa shape index (κ1) is 21.0. The van der Waals surface area contributed by atoms with Gasteiger partial charge in [0.25, 0.3) is 11.8 Å². The third-order valence-electron chi connectivity index (χ3n) is 7.78. The minimum atomic E-state index is -0.511. The third-order valence-corrected chi connectivity index (χ3v) is 7.78. The maximum Gasteiger partial charge on any atom is 0.286 e. The fraction of sp³-hybridized carbons (Fsp3) is 0.500. The van der Waals surface area contributed by atoms with E-state index in [4.69, 9.17) is 10.5 Å². The molecular weight excluding hydrogens is 402 g/mol. The summed E-state index contributed by atoms with van der Waals surface area (Å²) in [4.78, 5) is 24.7. The fourth-order valence-electron chi connectivity index (χ4n) is 6.82. The number of ether oxygens (including phenoxy) is 1. The number of hydrogen-bond donors (Lipinski definition) is 2. The second-order valence-corrected chi connectivity index (χ2v) is 10.3. The Hall–Kier alpha value is -2.89. The molecule has 4 aliphatic rings.